The highest BCUT2D eigenvalue weighted by atomic mass is 16.1. The van der Waals surface area contributed by atoms with Gasteiger partial charge in [-0.2, -0.15) is 5.10 Å². The summed E-state index contributed by atoms with van der Waals surface area (Å²) in [4.78, 5) is 24.5. The van der Waals surface area contributed by atoms with Crippen molar-refractivity contribution >= 4 is 16.9 Å². The lowest BCUT2D eigenvalue weighted by molar-refractivity contribution is 0.0954. The van der Waals surface area contributed by atoms with Crippen LogP contribution in [0.5, 0.6) is 0 Å². The zero-order chi connectivity index (χ0) is 21.0. The maximum Gasteiger partial charge on any atom is 0.251 e. The quantitative estimate of drug-likeness (QED) is 0.396. The maximum atomic E-state index is 12.4. The molecule has 31 heavy (non-hydrogen) atoms. The van der Waals surface area contributed by atoms with Gasteiger partial charge in [-0.1, -0.05) is 18.2 Å². The molecule has 5 aromatic rings. The van der Waals surface area contributed by atoms with Gasteiger partial charge in [-0.15, -0.1) is 0 Å². The van der Waals surface area contributed by atoms with Crippen molar-refractivity contribution < 1.29 is 4.79 Å². The number of carbonyl (C=O) groups is 1. The Morgan fingerprint density at radius 1 is 0.935 bits per heavy atom. The fraction of sp³-hybridized carbons (Fsp3) is 0.0833. The second-order valence-corrected chi connectivity index (χ2v) is 7.21. The molecule has 0 aliphatic rings. The number of H-pyrrole nitrogens is 2. The molecule has 0 saturated heterocycles. The van der Waals surface area contributed by atoms with Crippen molar-refractivity contribution in [2.75, 3.05) is 6.54 Å². The van der Waals surface area contributed by atoms with Gasteiger partial charge >= 0.3 is 0 Å². The van der Waals surface area contributed by atoms with Crippen LogP contribution in [0.15, 0.2) is 79.5 Å². The summed E-state index contributed by atoms with van der Waals surface area (Å²) in [6.07, 6.45) is 9.87. The molecule has 5 rings (SSSR count). The van der Waals surface area contributed by atoms with Crippen LogP contribution in [0.1, 0.15) is 16.1 Å². The number of carbonyl (C=O) groups excluding carboxylic acids is 1. The average molecular weight is 408 g/mol. The van der Waals surface area contributed by atoms with Crippen LogP contribution in [-0.2, 0) is 6.42 Å². The number of amides is 1. The van der Waals surface area contributed by atoms with E-state index in [4.69, 9.17) is 0 Å². The first-order chi connectivity index (χ1) is 15.3. The predicted molar refractivity (Wildman–Crippen MR) is 119 cm³/mol. The van der Waals surface area contributed by atoms with E-state index in [1.807, 2.05) is 61.1 Å². The Morgan fingerprint density at radius 3 is 2.61 bits per heavy atom. The molecular formula is C24H20N6O. The van der Waals surface area contributed by atoms with Crippen molar-refractivity contribution in [3.05, 3.63) is 90.8 Å². The Balaban J connectivity index is 1.31. The van der Waals surface area contributed by atoms with E-state index >= 15 is 0 Å². The number of pyridine rings is 2. The summed E-state index contributed by atoms with van der Waals surface area (Å²) in [6, 6.07) is 15.4. The number of fused-ring (bicyclic) bond motifs is 1. The van der Waals surface area contributed by atoms with E-state index in [0.717, 1.165) is 39.0 Å². The first-order valence-corrected chi connectivity index (χ1v) is 10.0. The molecule has 152 valence electrons. The molecule has 0 saturated carbocycles. The molecule has 1 amide bonds. The number of nitrogens with one attached hydrogen (secondary N) is 3. The first kappa shape index (κ1) is 18.7. The predicted octanol–water partition coefficient (Wildman–Crippen LogP) is 3.99. The summed E-state index contributed by atoms with van der Waals surface area (Å²) in [5.74, 6) is -0.0936. The second-order valence-electron chi connectivity index (χ2n) is 7.21. The fourth-order valence-corrected chi connectivity index (χ4v) is 3.56. The van der Waals surface area contributed by atoms with Gasteiger partial charge in [0.1, 0.15) is 5.65 Å². The standard InChI is InChI=1S/C24H20N6O/c31-24(26-10-8-20-3-1-2-9-25-20)17-6-4-16(5-7-17)18-11-21-22(19-13-29-30-14-19)15-28-23(21)27-12-18/h1-7,9,11-15H,8,10H2,(H,26,31)(H,27,28)(H,29,30). The van der Waals surface area contributed by atoms with E-state index in [9.17, 15) is 4.79 Å². The summed E-state index contributed by atoms with van der Waals surface area (Å²) in [5.41, 5.74) is 6.44. The molecule has 0 aliphatic heterocycles. The van der Waals surface area contributed by atoms with Gasteiger partial charge in [0, 0.05) is 71.1 Å². The van der Waals surface area contributed by atoms with Gasteiger partial charge < -0.3 is 10.3 Å². The molecule has 4 aromatic heterocycles. The minimum Gasteiger partial charge on any atom is -0.352 e. The van der Waals surface area contributed by atoms with Gasteiger partial charge in [-0.25, -0.2) is 4.98 Å². The average Bonchev–Trinajstić information content (AvgIpc) is 3.49. The Labute approximate surface area is 178 Å². The molecule has 0 unspecified atom stereocenters. The molecule has 0 spiro atoms. The van der Waals surface area contributed by atoms with Gasteiger partial charge in [0.15, 0.2) is 0 Å². The Bertz CT molecular complexity index is 1310. The molecule has 0 aliphatic carbocycles. The SMILES string of the molecule is O=C(NCCc1ccccn1)c1ccc(-c2cnc3[nH]cc(-c4cn[nH]c4)c3c2)cc1. The molecule has 0 fully saturated rings. The number of nitrogens with zero attached hydrogens (tertiary/aromatic N) is 3. The highest BCUT2D eigenvalue weighted by Gasteiger charge is 2.11. The summed E-state index contributed by atoms with van der Waals surface area (Å²) < 4.78 is 0. The van der Waals surface area contributed by atoms with Gasteiger partial charge in [-0.3, -0.25) is 14.9 Å². The highest BCUT2D eigenvalue weighted by molar-refractivity contribution is 5.96. The lowest BCUT2D eigenvalue weighted by atomic mass is 10.0. The molecular weight excluding hydrogens is 388 g/mol. The van der Waals surface area contributed by atoms with Crippen LogP contribution in [0.25, 0.3) is 33.3 Å². The Hall–Kier alpha value is -4.26. The molecule has 0 radical (unpaired) electrons. The zero-order valence-corrected chi connectivity index (χ0v) is 16.7. The van der Waals surface area contributed by atoms with Crippen LogP contribution < -0.4 is 5.32 Å². The van der Waals surface area contributed by atoms with E-state index in [1.165, 1.54) is 0 Å². The number of benzene rings is 1. The van der Waals surface area contributed by atoms with Crippen LogP contribution in [0.4, 0.5) is 0 Å². The molecule has 4 heterocycles. The van der Waals surface area contributed by atoms with Crippen molar-refractivity contribution in [3.8, 4) is 22.3 Å². The van der Waals surface area contributed by atoms with Crippen molar-refractivity contribution in [1.82, 2.24) is 30.5 Å². The third-order valence-electron chi connectivity index (χ3n) is 5.21. The lowest BCUT2D eigenvalue weighted by Crippen LogP contribution is -2.25. The van der Waals surface area contributed by atoms with Crippen LogP contribution >= 0.6 is 0 Å². The van der Waals surface area contributed by atoms with Crippen molar-refractivity contribution in [2.45, 2.75) is 6.42 Å². The van der Waals surface area contributed by atoms with Crippen LogP contribution in [0.3, 0.4) is 0 Å². The van der Waals surface area contributed by atoms with E-state index in [2.05, 4.69) is 36.5 Å². The Kier molecular flexibility index (Phi) is 4.98. The fourth-order valence-electron chi connectivity index (χ4n) is 3.56. The normalized spacial score (nSPS) is 11.0. The van der Waals surface area contributed by atoms with Crippen molar-refractivity contribution in [2.24, 2.45) is 0 Å². The van der Waals surface area contributed by atoms with Crippen LogP contribution in [0, 0.1) is 0 Å². The van der Waals surface area contributed by atoms with Gasteiger partial charge in [0.25, 0.3) is 5.91 Å². The minimum absolute atomic E-state index is 0.0936. The monoisotopic (exact) mass is 408 g/mol. The molecule has 7 heteroatoms. The molecule has 3 N–H and O–H groups in total. The van der Waals surface area contributed by atoms with Crippen molar-refractivity contribution in [3.63, 3.8) is 0 Å². The van der Waals surface area contributed by atoms with E-state index < -0.39 is 0 Å². The molecule has 0 bridgehead atoms. The maximum absolute atomic E-state index is 12.4. The largest absolute Gasteiger partial charge is 0.352 e. The van der Waals surface area contributed by atoms with E-state index in [1.54, 1.807) is 12.4 Å². The number of aromatic nitrogens is 5. The van der Waals surface area contributed by atoms with Gasteiger partial charge in [0.2, 0.25) is 0 Å². The minimum atomic E-state index is -0.0936. The smallest absolute Gasteiger partial charge is 0.251 e. The lowest BCUT2D eigenvalue weighted by Gasteiger charge is -2.07. The third kappa shape index (κ3) is 3.93. The molecule has 1 aromatic carbocycles. The van der Waals surface area contributed by atoms with Crippen LogP contribution in [-0.4, -0.2) is 37.6 Å². The number of rotatable bonds is 6. The summed E-state index contributed by atoms with van der Waals surface area (Å²) in [6.45, 7) is 0.544. The summed E-state index contributed by atoms with van der Waals surface area (Å²) >= 11 is 0. The summed E-state index contributed by atoms with van der Waals surface area (Å²) in [7, 11) is 0. The van der Waals surface area contributed by atoms with Crippen molar-refractivity contribution in [1.29, 1.82) is 0 Å². The first-order valence-electron chi connectivity index (χ1n) is 10.0. The van der Waals surface area contributed by atoms with E-state index in [-0.39, 0.29) is 5.91 Å². The zero-order valence-electron chi connectivity index (χ0n) is 16.7. The number of hydrogen-bond donors (Lipinski definition) is 3. The summed E-state index contributed by atoms with van der Waals surface area (Å²) in [5, 5.41) is 10.8. The molecule has 0 atom stereocenters. The molecule has 7 nitrogen and oxygen atoms in total. The highest BCUT2D eigenvalue weighted by Crippen LogP contribution is 2.30. The van der Waals surface area contributed by atoms with Gasteiger partial charge in [-0.05, 0) is 35.9 Å². The van der Waals surface area contributed by atoms with Crippen LogP contribution in [0.2, 0.25) is 0 Å². The number of hydrogen-bond acceptors (Lipinski definition) is 4. The Morgan fingerprint density at radius 2 is 1.84 bits per heavy atom. The van der Waals surface area contributed by atoms with E-state index in [0.29, 0.717) is 18.5 Å². The van der Waals surface area contributed by atoms with Gasteiger partial charge in [0.05, 0.1) is 6.20 Å². The number of aromatic amines is 2. The topological polar surface area (TPSA) is 99.3 Å². The second kappa shape index (κ2) is 8.23. The third-order valence-corrected chi connectivity index (χ3v) is 5.21.